The molecule has 0 N–H and O–H groups in total. The Morgan fingerprint density at radius 1 is 0.875 bits per heavy atom. The molecule has 0 saturated carbocycles. The maximum Gasteiger partial charge on any atom is 0.00738 e. The number of hydrogen-bond acceptors (Lipinski definition) is 0. The van der Waals surface area contributed by atoms with Crippen LogP contribution in [0.1, 0.15) is 27.7 Å². The van der Waals surface area contributed by atoms with Crippen LogP contribution in [-0.2, 0) is 0 Å². The highest BCUT2D eigenvalue weighted by Crippen LogP contribution is 2.21. The van der Waals surface area contributed by atoms with Gasteiger partial charge in [0.05, 0.1) is 0 Å². The van der Waals surface area contributed by atoms with Crippen molar-refractivity contribution in [1.82, 2.24) is 0 Å². The molecule has 0 nitrogen and oxygen atoms in total. The van der Waals surface area contributed by atoms with Gasteiger partial charge in [-0.3, -0.25) is 0 Å². The molecular weight excluding hydrogens is 112 g/mol. The number of rotatable bonds is 2. The highest BCUT2D eigenvalue weighted by atomic mass is 28.1. The van der Waals surface area contributed by atoms with Crippen LogP contribution >= 0.6 is 0 Å². The van der Waals surface area contributed by atoms with Gasteiger partial charge < -0.3 is 0 Å². The Morgan fingerprint density at radius 2 is 1.12 bits per heavy atom. The zero-order chi connectivity index (χ0) is 6.73. The van der Waals surface area contributed by atoms with E-state index in [1.807, 2.05) is 0 Å². The predicted octanol–water partition coefficient (Wildman–Crippen LogP) is 1.45. The topological polar surface area (TPSA) is 0 Å². The first-order valence-electron chi connectivity index (χ1n) is 3.55. The van der Waals surface area contributed by atoms with E-state index in [-0.39, 0.29) is 0 Å². The molecule has 0 atom stereocenters. The Labute approximate surface area is 56.1 Å². The highest BCUT2D eigenvalue weighted by Gasteiger charge is 2.09. The Hall–Kier alpha value is 0.217. The first-order valence-corrected chi connectivity index (χ1v) is 4.71. The molecule has 50 valence electrons. The quantitative estimate of drug-likeness (QED) is 0.496. The fraction of sp³-hybridized carbons (Fsp3) is 1.00. The van der Waals surface area contributed by atoms with E-state index in [0.29, 0.717) is 0 Å². The Morgan fingerprint density at radius 3 is 1.12 bits per heavy atom. The van der Waals surface area contributed by atoms with Gasteiger partial charge in [0.2, 0.25) is 0 Å². The summed E-state index contributed by atoms with van der Waals surface area (Å²) in [5.41, 5.74) is 1.01. The highest BCUT2D eigenvalue weighted by molar-refractivity contribution is 6.11. The molecule has 0 radical (unpaired) electrons. The van der Waals surface area contributed by atoms with Gasteiger partial charge in [0, 0.05) is 10.2 Å². The van der Waals surface area contributed by atoms with E-state index in [0.717, 1.165) is 17.4 Å². The molecular formula is C7H18Si. The van der Waals surface area contributed by atoms with Gasteiger partial charge in [-0.05, 0) is 11.8 Å². The van der Waals surface area contributed by atoms with Gasteiger partial charge in [-0.1, -0.05) is 33.2 Å². The molecule has 0 aliphatic carbocycles. The first kappa shape index (κ1) is 8.22. The van der Waals surface area contributed by atoms with Crippen molar-refractivity contribution in [3.8, 4) is 0 Å². The molecule has 0 aromatic carbocycles. The van der Waals surface area contributed by atoms with Crippen LogP contribution < -0.4 is 0 Å². The summed E-state index contributed by atoms with van der Waals surface area (Å²) in [4.78, 5) is 0. The van der Waals surface area contributed by atoms with Gasteiger partial charge in [0.15, 0.2) is 0 Å². The second-order valence-corrected chi connectivity index (χ2v) is 4.68. The average Bonchev–Trinajstić information content (AvgIpc) is 1.64. The van der Waals surface area contributed by atoms with Gasteiger partial charge in [-0.2, -0.15) is 0 Å². The van der Waals surface area contributed by atoms with Crippen LogP contribution in [0.4, 0.5) is 0 Å². The SMILES string of the molecule is CC(C)C([SiH3])C(C)C. The van der Waals surface area contributed by atoms with Crippen molar-refractivity contribution in [1.29, 1.82) is 0 Å². The second kappa shape index (κ2) is 3.28. The Kier molecular flexibility index (Phi) is 3.37. The molecule has 0 aromatic rings. The summed E-state index contributed by atoms with van der Waals surface area (Å²) in [6, 6.07) is 0. The fourth-order valence-electron chi connectivity index (χ4n) is 0.770. The molecule has 0 heterocycles. The lowest BCUT2D eigenvalue weighted by atomic mass is 10.00. The van der Waals surface area contributed by atoms with Gasteiger partial charge in [0.25, 0.3) is 0 Å². The molecule has 0 aliphatic heterocycles. The van der Waals surface area contributed by atoms with Crippen molar-refractivity contribution < 1.29 is 0 Å². The van der Waals surface area contributed by atoms with E-state index >= 15 is 0 Å². The molecule has 8 heavy (non-hydrogen) atoms. The summed E-state index contributed by atoms with van der Waals surface area (Å²) in [6.45, 7) is 9.27. The molecule has 0 amide bonds. The molecule has 0 bridgehead atoms. The molecule has 0 fully saturated rings. The minimum Gasteiger partial charge on any atom is -0.0628 e. The first-order chi connectivity index (χ1) is 3.55. The largest absolute Gasteiger partial charge is 0.0628 e. The van der Waals surface area contributed by atoms with Crippen molar-refractivity contribution in [3.63, 3.8) is 0 Å². The lowest BCUT2D eigenvalue weighted by molar-refractivity contribution is 0.469. The van der Waals surface area contributed by atoms with E-state index < -0.39 is 0 Å². The van der Waals surface area contributed by atoms with Gasteiger partial charge in [-0.15, -0.1) is 0 Å². The second-order valence-electron chi connectivity index (χ2n) is 3.35. The Balaban J connectivity index is 3.46. The van der Waals surface area contributed by atoms with E-state index in [2.05, 4.69) is 27.7 Å². The summed E-state index contributed by atoms with van der Waals surface area (Å²) < 4.78 is 0. The van der Waals surface area contributed by atoms with Crippen LogP contribution in [0, 0.1) is 11.8 Å². The third-order valence-electron chi connectivity index (χ3n) is 2.10. The summed E-state index contributed by atoms with van der Waals surface area (Å²) >= 11 is 0. The van der Waals surface area contributed by atoms with E-state index in [9.17, 15) is 0 Å². The predicted molar refractivity (Wildman–Crippen MR) is 43.4 cm³/mol. The summed E-state index contributed by atoms with van der Waals surface area (Å²) in [5, 5.41) is 0. The minimum absolute atomic E-state index is 0.904. The molecule has 0 spiro atoms. The standard InChI is InChI=1S/C7H18Si/c1-5(2)7(8)6(3)4/h5-7H,1-4,8H3. The smallest absolute Gasteiger partial charge is 0.00738 e. The third-order valence-corrected chi connectivity index (χ3v) is 4.77. The monoisotopic (exact) mass is 130 g/mol. The summed E-state index contributed by atoms with van der Waals surface area (Å²) in [7, 11) is 1.36. The van der Waals surface area contributed by atoms with E-state index in [1.165, 1.54) is 10.2 Å². The van der Waals surface area contributed by atoms with Crippen LogP contribution in [-0.4, -0.2) is 10.2 Å². The summed E-state index contributed by atoms with van der Waals surface area (Å²) in [5.74, 6) is 1.81. The van der Waals surface area contributed by atoms with Gasteiger partial charge in [-0.25, -0.2) is 0 Å². The van der Waals surface area contributed by atoms with Crippen molar-refractivity contribution >= 4 is 10.2 Å². The molecule has 1 heteroatoms. The lowest BCUT2D eigenvalue weighted by Gasteiger charge is -2.18. The van der Waals surface area contributed by atoms with Crippen LogP contribution in [0.2, 0.25) is 5.54 Å². The van der Waals surface area contributed by atoms with Crippen LogP contribution in [0.25, 0.3) is 0 Å². The van der Waals surface area contributed by atoms with Crippen molar-refractivity contribution in [2.45, 2.75) is 33.2 Å². The maximum absolute atomic E-state index is 2.32. The fourth-order valence-corrected chi connectivity index (χ4v) is 0.770. The molecule has 0 aromatic heterocycles. The molecule has 0 saturated heterocycles. The lowest BCUT2D eigenvalue weighted by Crippen LogP contribution is -2.08. The average molecular weight is 130 g/mol. The van der Waals surface area contributed by atoms with Crippen molar-refractivity contribution in [2.24, 2.45) is 11.8 Å². The summed E-state index contributed by atoms with van der Waals surface area (Å²) in [6.07, 6.45) is 0. The molecule has 0 rings (SSSR count). The maximum atomic E-state index is 2.32. The molecule has 0 unspecified atom stereocenters. The van der Waals surface area contributed by atoms with Crippen LogP contribution in [0.5, 0.6) is 0 Å². The van der Waals surface area contributed by atoms with Crippen LogP contribution in [0.15, 0.2) is 0 Å². The van der Waals surface area contributed by atoms with Gasteiger partial charge >= 0.3 is 0 Å². The van der Waals surface area contributed by atoms with Crippen molar-refractivity contribution in [3.05, 3.63) is 0 Å². The minimum atomic E-state index is 0.904. The zero-order valence-electron chi connectivity index (χ0n) is 6.73. The normalized spacial score (nSPS) is 12.4. The molecule has 0 aliphatic rings. The van der Waals surface area contributed by atoms with Gasteiger partial charge in [0.1, 0.15) is 0 Å². The Bertz CT molecular complexity index is 49.4. The van der Waals surface area contributed by atoms with E-state index in [1.54, 1.807) is 0 Å². The third kappa shape index (κ3) is 2.51. The van der Waals surface area contributed by atoms with Crippen molar-refractivity contribution in [2.75, 3.05) is 0 Å². The zero-order valence-corrected chi connectivity index (χ0v) is 8.73. The van der Waals surface area contributed by atoms with Crippen LogP contribution in [0.3, 0.4) is 0 Å². The van der Waals surface area contributed by atoms with E-state index in [4.69, 9.17) is 0 Å². The number of hydrogen-bond donors (Lipinski definition) is 0.